The minimum Gasteiger partial charge on any atom is -0.493 e. The molecule has 35 heavy (non-hydrogen) atoms. The van der Waals surface area contributed by atoms with E-state index < -0.39 is 0 Å². The van der Waals surface area contributed by atoms with Gasteiger partial charge in [-0.1, -0.05) is 111 Å². The lowest BCUT2D eigenvalue weighted by molar-refractivity contribution is 0.302. The molecule has 0 saturated heterocycles. The van der Waals surface area contributed by atoms with E-state index in [4.69, 9.17) is 9.47 Å². The third-order valence-corrected chi connectivity index (χ3v) is 7.09. The Bertz CT molecular complexity index is 1250. The minimum absolute atomic E-state index is 0.729. The number of fused-ring (bicyclic) bond motifs is 2. The molecule has 0 heterocycles. The highest BCUT2D eigenvalue weighted by molar-refractivity contribution is 9.10. The van der Waals surface area contributed by atoms with E-state index in [1.165, 1.54) is 60.1 Å². The maximum Gasteiger partial charge on any atom is 0.127 e. The lowest BCUT2D eigenvalue weighted by Crippen LogP contribution is -2.02. The molecule has 0 aliphatic rings. The number of hydrogen-bond donors (Lipinski definition) is 0. The first-order valence-corrected chi connectivity index (χ1v) is 14.0. The molecule has 0 saturated carbocycles. The van der Waals surface area contributed by atoms with E-state index in [2.05, 4.69) is 96.5 Å². The van der Waals surface area contributed by atoms with Crippen LogP contribution in [-0.2, 0) is 0 Å². The fourth-order valence-corrected chi connectivity index (χ4v) is 5.09. The Balaban J connectivity index is 1.82. The molecule has 2 nitrogen and oxygen atoms in total. The van der Waals surface area contributed by atoms with Crippen molar-refractivity contribution < 1.29 is 9.47 Å². The summed E-state index contributed by atoms with van der Waals surface area (Å²) >= 11 is 3.65. The number of benzene rings is 4. The van der Waals surface area contributed by atoms with Crippen molar-refractivity contribution >= 4 is 37.5 Å². The molecule has 4 rings (SSSR count). The second kappa shape index (κ2) is 13.0. The van der Waals surface area contributed by atoms with Crippen LogP contribution in [0.15, 0.2) is 71.2 Å². The molecular formula is C32H37BrO2. The van der Waals surface area contributed by atoms with Crippen molar-refractivity contribution in [2.75, 3.05) is 13.2 Å². The van der Waals surface area contributed by atoms with Crippen LogP contribution in [0.5, 0.6) is 11.5 Å². The van der Waals surface area contributed by atoms with Crippen molar-refractivity contribution in [2.24, 2.45) is 0 Å². The Kier molecular flexibility index (Phi) is 9.48. The van der Waals surface area contributed by atoms with E-state index in [9.17, 15) is 0 Å². The van der Waals surface area contributed by atoms with Crippen LogP contribution in [-0.4, -0.2) is 13.2 Å². The zero-order chi connectivity index (χ0) is 24.5. The summed E-state index contributed by atoms with van der Waals surface area (Å²) in [4.78, 5) is 0. The highest BCUT2D eigenvalue weighted by Crippen LogP contribution is 2.46. The van der Waals surface area contributed by atoms with Crippen LogP contribution in [0.25, 0.3) is 32.7 Å². The lowest BCUT2D eigenvalue weighted by atomic mass is 9.92. The molecule has 0 radical (unpaired) electrons. The summed E-state index contributed by atoms with van der Waals surface area (Å²) in [7, 11) is 0. The number of unbranched alkanes of at least 4 members (excludes halogenated alkanes) is 6. The minimum atomic E-state index is 0.729. The maximum absolute atomic E-state index is 6.47. The standard InChI is InChI=1S/C32H37BrO2/c1-3-5-7-11-21-34-29-19-15-24-13-9-10-14-27(24)31(29)32-28-18-17-26(33)23-25(28)16-20-30(32)35-22-12-8-6-4-2/h9-10,13-20,23H,3-8,11-12,21-22H2,1-2H3. The van der Waals surface area contributed by atoms with E-state index >= 15 is 0 Å². The monoisotopic (exact) mass is 532 g/mol. The molecule has 0 amide bonds. The van der Waals surface area contributed by atoms with Crippen LogP contribution >= 0.6 is 15.9 Å². The molecule has 0 spiro atoms. The summed E-state index contributed by atoms with van der Waals surface area (Å²) < 4.78 is 14.0. The van der Waals surface area contributed by atoms with E-state index in [0.29, 0.717) is 0 Å². The fraction of sp³-hybridized carbons (Fsp3) is 0.375. The van der Waals surface area contributed by atoms with E-state index in [-0.39, 0.29) is 0 Å². The van der Waals surface area contributed by atoms with Gasteiger partial charge in [-0.3, -0.25) is 0 Å². The number of ether oxygens (including phenoxy) is 2. The average molecular weight is 534 g/mol. The zero-order valence-corrected chi connectivity index (χ0v) is 22.7. The van der Waals surface area contributed by atoms with E-state index in [1.807, 2.05) is 0 Å². The first-order chi connectivity index (χ1) is 17.2. The molecule has 184 valence electrons. The number of halogens is 1. The molecular weight excluding hydrogens is 496 g/mol. The van der Waals surface area contributed by atoms with Crippen LogP contribution < -0.4 is 9.47 Å². The van der Waals surface area contributed by atoms with E-state index in [1.54, 1.807) is 0 Å². The van der Waals surface area contributed by atoms with Gasteiger partial charge in [0.05, 0.1) is 13.2 Å². The normalized spacial score (nSPS) is 11.3. The van der Waals surface area contributed by atoms with Crippen molar-refractivity contribution in [2.45, 2.75) is 65.2 Å². The van der Waals surface area contributed by atoms with Gasteiger partial charge in [0.15, 0.2) is 0 Å². The van der Waals surface area contributed by atoms with Gasteiger partial charge in [-0.2, -0.15) is 0 Å². The van der Waals surface area contributed by atoms with Crippen molar-refractivity contribution in [1.82, 2.24) is 0 Å². The molecule has 0 fully saturated rings. The maximum atomic E-state index is 6.47. The molecule has 0 N–H and O–H groups in total. The smallest absolute Gasteiger partial charge is 0.127 e. The molecule has 0 atom stereocenters. The van der Waals surface area contributed by atoms with Gasteiger partial charge in [0.25, 0.3) is 0 Å². The molecule has 0 aromatic heterocycles. The average Bonchev–Trinajstić information content (AvgIpc) is 2.88. The van der Waals surface area contributed by atoms with Crippen LogP contribution in [0.2, 0.25) is 0 Å². The third-order valence-electron chi connectivity index (χ3n) is 6.60. The summed E-state index contributed by atoms with van der Waals surface area (Å²) in [6, 6.07) is 23.7. The first-order valence-electron chi connectivity index (χ1n) is 13.2. The summed E-state index contributed by atoms with van der Waals surface area (Å²) in [6.45, 7) is 5.94. The lowest BCUT2D eigenvalue weighted by Gasteiger charge is -2.20. The molecule has 3 heteroatoms. The molecule has 4 aromatic carbocycles. The van der Waals surface area contributed by atoms with Crippen molar-refractivity contribution in [3.63, 3.8) is 0 Å². The second-order valence-electron chi connectivity index (χ2n) is 9.28. The number of rotatable bonds is 13. The van der Waals surface area contributed by atoms with Crippen molar-refractivity contribution in [1.29, 1.82) is 0 Å². The van der Waals surface area contributed by atoms with Gasteiger partial charge in [-0.25, -0.2) is 0 Å². The third kappa shape index (κ3) is 6.38. The quantitative estimate of drug-likeness (QED) is 0.159. The summed E-state index contributed by atoms with van der Waals surface area (Å²) in [5, 5.41) is 4.79. The summed E-state index contributed by atoms with van der Waals surface area (Å²) in [5.74, 6) is 1.87. The van der Waals surface area contributed by atoms with Gasteiger partial charge >= 0.3 is 0 Å². The Hall–Kier alpha value is -2.52. The van der Waals surface area contributed by atoms with Gasteiger partial charge in [0.2, 0.25) is 0 Å². The summed E-state index contributed by atoms with van der Waals surface area (Å²) in [6.07, 6.45) is 9.51. The Morgan fingerprint density at radius 2 is 1.14 bits per heavy atom. The van der Waals surface area contributed by atoms with Gasteiger partial charge < -0.3 is 9.47 Å². The highest BCUT2D eigenvalue weighted by Gasteiger charge is 2.19. The molecule has 0 aliphatic carbocycles. The Labute approximate surface area is 218 Å². The summed E-state index contributed by atoms with van der Waals surface area (Å²) in [5.41, 5.74) is 2.26. The van der Waals surface area contributed by atoms with Crippen molar-refractivity contribution in [3.05, 3.63) is 71.2 Å². The highest BCUT2D eigenvalue weighted by atomic mass is 79.9. The first kappa shape index (κ1) is 25.6. The predicted molar refractivity (Wildman–Crippen MR) is 154 cm³/mol. The van der Waals surface area contributed by atoms with Crippen LogP contribution in [0.3, 0.4) is 0 Å². The topological polar surface area (TPSA) is 18.5 Å². The van der Waals surface area contributed by atoms with Crippen molar-refractivity contribution in [3.8, 4) is 22.6 Å². The second-order valence-corrected chi connectivity index (χ2v) is 10.2. The van der Waals surface area contributed by atoms with Gasteiger partial charge in [0.1, 0.15) is 11.5 Å². The van der Waals surface area contributed by atoms with Crippen LogP contribution in [0.4, 0.5) is 0 Å². The largest absolute Gasteiger partial charge is 0.493 e. The molecule has 0 aliphatic heterocycles. The SMILES string of the molecule is CCCCCCOc1ccc2ccccc2c1-c1c(OCCCCCC)ccc2cc(Br)ccc12. The Morgan fingerprint density at radius 1 is 0.571 bits per heavy atom. The van der Waals surface area contributed by atoms with Gasteiger partial charge in [0, 0.05) is 15.6 Å². The van der Waals surface area contributed by atoms with Gasteiger partial charge in [-0.15, -0.1) is 0 Å². The Morgan fingerprint density at radius 3 is 1.77 bits per heavy atom. The fourth-order valence-electron chi connectivity index (χ4n) is 4.71. The molecule has 0 bridgehead atoms. The van der Waals surface area contributed by atoms with Gasteiger partial charge in [-0.05, 0) is 58.7 Å². The van der Waals surface area contributed by atoms with Crippen LogP contribution in [0.1, 0.15) is 65.2 Å². The molecule has 4 aromatic rings. The predicted octanol–water partition coefficient (Wildman–Crippen LogP) is 10.3. The zero-order valence-electron chi connectivity index (χ0n) is 21.1. The number of hydrogen-bond acceptors (Lipinski definition) is 2. The molecule has 0 unspecified atom stereocenters. The van der Waals surface area contributed by atoms with Crippen LogP contribution in [0, 0.1) is 0 Å². The van der Waals surface area contributed by atoms with E-state index in [0.717, 1.165) is 53.2 Å².